The van der Waals surface area contributed by atoms with Gasteiger partial charge in [-0.15, -0.1) is 0 Å². The summed E-state index contributed by atoms with van der Waals surface area (Å²) in [7, 11) is 0. The minimum Gasteiger partial charge on any atom is -0.0625 e. The first-order valence-electron chi connectivity index (χ1n) is 6.27. The maximum absolute atomic E-state index is 2.46. The highest BCUT2D eigenvalue weighted by Crippen LogP contribution is 2.58. The van der Waals surface area contributed by atoms with E-state index < -0.39 is 0 Å². The lowest BCUT2D eigenvalue weighted by Gasteiger charge is -2.30. The zero-order chi connectivity index (χ0) is 11.1. The Morgan fingerprint density at radius 3 is 1.64 bits per heavy atom. The van der Waals surface area contributed by atoms with E-state index in [4.69, 9.17) is 0 Å². The molecule has 0 heteroatoms. The molecule has 0 nitrogen and oxygen atoms in total. The molecule has 1 saturated carbocycles. The summed E-state index contributed by atoms with van der Waals surface area (Å²) in [5, 5.41) is 0. The van der Waals surface area contributed by atoms with Crippen LogP contribution in [0.3, 0.4) is 0 Å². The third-order valence-corrected chi connectivity index (χ3v) is 4.93. The van der Waals surface area contributed by atoms with Crippen molar-refractivity contribution in [1.82, 2.24) is 0 Å². The fraction of sp³-hybridized carbons (Fsp3) is 1.00. The monoisotopic (exact) mass is 196 g/mol. The van der Waals surface area contributed by atoms with Gasteiger partial charge in [-0.3, -0.25) is 0 Å². The van der Waals surface area contributed by atoms with Crippen molar-refractivity contribution in [3.8, 4) is 0 Å². The Labute approximate surface area is 90.5 Å². The highest BCUT2D eigenvalue weighted by atomic mass is 14.5. The quantitative estimate of drug-likeness (QED) is 0.616. The van der Waals surface area contributed by atoms with Gasteiger partial charge in [0.15, 0.2) is 0 Å². The fourth-order valence-corrected chi connectivity index (χ4v) is 2.86. The Bertz CT molecular complexity index is 184. The maximum Gasteiger partial charge on any atom is -0.0320 e. The second-order valence-corrected chi connectivity index (χ2v) is 6.62. The molecule has 0 aromatic rings. The first-order chi connectivity index (χ1) is 6.27. The van der Waals surface area contributed by atoms with Crippen molar-refractivity contribution in [2.45, 2.75) is 54.9 Å². The largest absolute Gasteiger partial charge is 0.0625 e. The molecular formula is C14H28. The summed E-state index contributed by atoms with van der Waals surface area (Å²) >= 11 is 0. The first-order valence-corrected chi connectivity index (χ1v) is 6.27. The standard InChI is InChI=1S/C14H28/c1-9(2)10(3)11(4)12(5)13-8-14(13,6)7/h9-13H,8H2,1-7H3. The summed E-state index contributed by atoms with van der Waals surface area (Å²) in [5.74, 6) is 4.46. The molecule has 0 bridgehead atoms. The van der Waals surface area contributed by atoms with E-state index in [1.807, 2.05) is 0 Å². The minimum atomic E-state index is 0.643. The predicted octanol–water partition coefficient (Wildman–Crippen LogP) is 4.60. The number of hydrogen-bond donors (Lipinski definition) is 0. The first kappa shape index (κ1) is 12.1. The number of rotatable bonds is 4. The SMILES string of the molecule is CC(C)C(C)C(C)C(C)C1CC1(C)C. The lowest BCUT2D eigenvalue weighted by molar-refractivity contribution is 0.192. The van der Waals surface area contributed by atoms with Crippen molar-refractivity contribution < 1.29 is 0 Å². The van der Waals surface area contributed by atoms with Gasteiger partial charge in [-0.1, -0.05) is 48.5 Å². The van der Waals surface area contributed by atoms with Gasteiger partial charge in [0.2, 0.25) is 0 Å². The molecule has 0 aromatic carbocycles. The molecular weight excluding hydrogens is 168 g/mol. The summed E-state index contributed by atoms with van der Waals surface area (Å²) in [6.45, 7) is 16.9. The molecule has 0 spiro atoms. The van der Waals surface area contributed by atoms with Crippen molar-refractivity contribution in [3.05, 3.63) is 0 Å². The van der Waals surface area contributed by atoms with Crippen LogP contribution in [-0.2, 0) is 0 Å². The van der Waals surface area contributed by atoms with E-state index in [0.717, 1.165) is 29.6 Å². The molecule has 0 radical (unpaired) electrons. The van der Waals surface area contributed by atoms with Gasteiger partial charge < -0.3 is 0 Å². The Balaban J connectivity index is 2.49. The van der Waals surface area contributed by atoms with Crippen molar-refractivity contribution in [1.29, 1.82) is 0 Å². The molecule has 4 atom stereocenters. The molecule has 0 aromatic heterocycles. The normalized spacial score (nSPS) is 31.3. The molecule has 4 unspecified atom stereocenters. The Kier molecular flexibility index (Phi) is 3.33. The molecule has 0 N–H and O–H groups in total. The lowest BCUT2D eigenvalue weighted by atomic mass is 9.76. The van der Waals surface area contributed by atoms with E-state index in [1.54, 1.807) is 0 Å². The van der Waals surface area contributed by atoms with Gasteiger partial charge in [0.1, 0.15) is 0 Å². The van der Waals surface area contributed by atoms with Crippen LogP contribution in [0.4, 0.5) is 0 Å². The highest BCUT2D eigenvalue weighted by molar-refractivity contribution is 4.99. The van der Waals surface area contributed by atoms with E-state index >= 15 is 0 Å². The zero-order valence-electron chi connectivity index (χ0n) is 11.1. The maximum atomic E-state index is 2.46. The van der Waals surface area contributed by atoms with Crippen molar-refractivity contribution >= 4 is 0 Å². The zero-order valence-corrected chi connectivity index (χ0v) is 11.1. The highest BCUT2D eigenvalue weighted by Gasteiger charge is 2.50. The van der Waals surface area contributed by atoms with Gasteiger partial charge in [0.05, 0.1) is 0 Å². The van der Waals surface area contributed by atoms with E-state index in [-0.39, 0.29) is 0 Å². The van der Waals surface area contributed by atoms with Crippen LogP contribution in [-0.4, -0.2) is 0 Å². The summed E-state index contributed by atoms with van der Waals surface area (Å²) in [5.41, 5.74) is 0.643. The molecule has 1 fully saturated rings. The van der Waals surface area contributed by atoms with E-state index in [9.17, 15) is 0 Å². The molecule has 1 rings (SSSR count). The van der Waals surface area contributed by atoms with Crippen LogP contribution in [0, 0.1) is 35.0 Å². The summed E-state index contributed by atoms with van der Waals surface area (Å²) in [6.07, 6.45) is 1.45. The van der Waals surface area contributed by atoms with E-state index in [2.05, 4.69) is 48.5 Å². The Morgan fingerprint density at radius 1 is 0.929 bits per heavy atom. The van der Waals surface area contributed by atoms with Gasteiger partial charge in [-0.05, 0) is 41.4 Å². The van der Waals surface area contributed by atoms with Crippen LogP contribution in [0.1, 0.15) is 54.9 Å². The molecule has 84 valence electrons. The van der Waals surface area contributed by atoms with Gasteiger partial charge in [0, 0.05) is 0 Å². The van der Waals surface area contributed by atoms with Crippen LogP contribution >= 0.6 is 0 Å². The summed E-state index contributed by atoms with van der Waals surface area (Å²) in [4.78, 5) is 0. The summed E-state index contributed by atoms with van der Waals surface area (Å²) in [6, 6.07) is 0. The Hall–Kier alpha value is 0. The molecule has 14 heavy (non-hydrogen) atoms. The summed E-state index contributed by atoms with van der Waals surface area (Å²) < 4.78 is 0. The lowest BCUT2D eigenvalue weighted by Crippen LogP contribution is -2.23. The van der Waals surface area contributed by atoms with Crippen LogP contribution < -0.4 is 0 Å². The molecule has 0 aliphatic heterocycles. The van der Waals surface area contributed by atoms with Crippen LogP contribution in [0.5, 0.6) is 0 Å². The van der Waals surface area contributed by atoms with Crippen molar-refractivity contribution in [2.75, 3.05) is 0 Å². The third kappa shape index (κ3) is 2.32. The second kappa shape index (κ2) is 3.87. The van der Waals surface area contributed by atoms with Crippen molar-refractivity contribution in [2.24, 2.45) is 35.0 Å². The smallest absolute Gasteiger partial charge is 0.0320 e. The van der Waals surface area contributed by atoms with E-state index in [0.29, 0.717) is 5.41 Å². The second-order valence-electron chi connectivity index (χ2n) is 6.62. The van der Waals surface area contributed by atoms with Crippen LogP contribution in [0.15, 0.2) is 0 Å². The molecule has 0 amide bonds. The predicted molar refractivity (Wildman–Crippen MR) is 64.2 cm³/mol. The molecule has 0 saturated heterocycles. The van der Waals surface area contributed by atoms with Gasteiger partial charge in [0.25, 0.3) is 0 Å². The molecule has 1 aliphatic rings. The average molecular weight is 196 g/mol. The van der Waals surface area contributed by atoms with Gasteiger partial charge in [-0.25, -0.2) is 0 Å². The Morgan fingerprint density at radius 2 is 1.36 bits per heavy atom. The van der Waals surface area contributed by atoms with Crippen LogP contribution in [0.25, 0.3) is 0 Å². The molecule has 1 aliphatic carbocycles. The van der Waals surface area contributed by atoms with E-state index in [1.165, 1.54) is 6.42 Å². The third-order valence-electron chi connectivity index (χ3n) is 4.93. The molecule has 0 heterocycles. The minimum absolute atomic E-state index is 0.643. The number of hydrogen-bond acceptors (Lipinski definition) is 0. The van der Waals surface area contributed by atoms with Gasteiger partial charge in [-0.2, -0.15) is 0 Å². The fourth-order valence-electron chi connectivity index (χ4n) is 2.86. The van der Waals surface area contributed by atoms with Gasteiger partial charge >= 0.3 is 0 Å². The topological polar surface area (TPSA) is 0 Å². The van der Waals surface area contributed by atoms with Crippen LogP contribution in [0.2, 0.25) is 0 Å². The average Bonchev–Trinajstić information content (AvgIpc) is 2.71. The van der Waals surface area contributed by atoms with Crippen molar-refractivity contribution in [3.63, 3.8) is 0 Å².